The highest BCUT2D eigenvalue weighted by Gasteiger charge is 2.50. The van der Waals surface area contributed by atoms with E-state index in [-0.39, 0.29) is 11.6 Å². The molecule has 0 amide bonds. The van der Waals surface area contributed by atoms with E-state index < -0.39 is 17.3 Å². The van der Waals surface area contributed by atoms with E-state index in [2.05, 4.69) is 9.88 Å². The molecule has 1 aromatic heterocycles. The van der Waals surface area contributed by atoms with Crippen LogP contribution >= 0.6 is 0 Å². The van der Waals surface area contributed by atoms with E-state index in [4.69, 9.17) is 0 Å². The van der Waals surface area contributed by atoms with Crippen molar-refractivity contribution in [2.24, 2.45) is 0 Å². The second-order valence-electron chi connectivity index (χ2n) is 5.71. The monoisotopic (exact) mass is 287 g/mol. The van der Waals surface area contributed by atoms with Crippen LogP contribution in [0.4, 0.5) is 19.0 Å². The summed E-state index contributed by atoms with van der Waals surface area (Å²) in [6, 6.07) is 0.771. The molecule has 3 heterocycles. The summed E-state index contributed by atoms with van der Waals surface area (Å²) in [5, 5.41) is 10.7. The van der Waals surface area contributed by atoms with Gasteiger partial charge in [-0.3, -0.25) is 0 Å². The molecule has 0 radical (unpaired) electrons. The number of likely N-dealkylation sites (N-methyl/N-ethyl adjacent to an activating group) is 1. The maximum atomic E-state index is 12.8. The van der Waals surface area contributed by atoms with E-state index in [0.29, 0.717) is 18.9 Å². The molecule has 2 atom stereocenters. The van der Waals surface area contributed by atoms with Gasteiger partial charge in [0.15, 0.2) is 0 Å². The van der Waals surface area contributed by atoms with Gasteiger partial charge in [-0.1, -0.05) is 0 Å². The molecule has 1 N–H and O–H groups in total. The number of aliphatic hydroxyl groups is 1. The first-order valence-electron chi connectivity index (χ1n) is 6.46. The third-order valence-electron chi connectivity index (χ3n) is 4.24. The largest absolute Gasteiger partial charge is 0.417 e. The first-order chi connectivity index (χ1) is 9.21. The zero-order valence-corrected chi connectivity index (χ0v) is 11.3. The van der Waals surface area contributed by atoms with Crippen molar-refractivity contribution >= 4 is 5.82 Å². The SMILES string of the molecule is CN1CCN2c3ncc(C(F)(F)F)cc3[C@](C)(O)[C@@H]2C1. The molecule has 20 heavy (non-hydrogen) atoms. The summed E-state index contributed by atoms with van der Waals surface area (Å²) in [6.07, 6.45) is -3.60. The minimum atomic E-state index is -4.45. The van der Waals surface area contributed by atoms with Crippen molar-refractivity contribution in [2.75, 3.05) is 31.6 Å². The molecule has 7 heteroatoms. The molecule has 3 rings (SSSR count). The van der Waals surface area contributed by atoms with E-state index in [1.165, 1.54) is 0 Å². The quantitative estimate of drug-likeness (QED) is 0.784. The van der Waals surface area contributed by atoms with Crippen molar-refractivity contribution in [3.05, 3.63) is 23.4 Å². The van der Waals surface area contributed by atoms with E-state index >= 15 is 0 Å². The van der Waals surface area contributed by atoms with Crippen LogP contribution < -0.4 is 4.90 Å². The number of fused-ring (bicyclic) bond motifs is 3. The van der Waals surface area contributed by atoms with Crippen molar-refractivity contribution in [1.82, 2.24) is 9.88 Å². The third kappa shape index (κ3) is 1.88. The summed E-state index contributed by atoms with van der Waals surface area (Å²) >= 11 is 0. The smallest absolute Gasteiger partial charge is 0.383 e. The molecular formula is C13H16F3N3O. The molecule has 1 saturated heterocycles. The van der Waals surface area contributed by atoms with Crippen LogP contribution in [0.2, 0.25) is 0 Å². The van der Waals surface area contributed by atoms with Crippen LogP contribution in [-0.4, -0.2) is 47.7 Å². The number of nitrogens with zero attached hydrogens (tertiary/aromatic N) is 3. The number of rotatable bonds is 0. The predicted octanol–water partition coefficient (Wildman–Crippen LogP) is 1.44. The Hall–Kier alpha value is -1.34. The van der Waals surface area contributed by atoms with Gasteiger partial charge in [-0.05, 0) is 20.0 Å². The average molecular weight is 287 g/mol. The van der Waals surface area contributed by atoms with E-state index in [9.17, 15) is 18.3 Å². The molecule has 2 aliphatic heterocycles. The fourth-order valence-electron chi connectivity index (χ4n) is 3.05. The number of piperazine rings is 1. The molecule has 1 fully saturated rings. The van der Waals surface area contributed by atoms with E-state index in [1.54, 1.807) is 6.92 Å². The van der Waals surface area contributed by atoms with Crippen LogP contribution in [0.5, 0.6) is 0 Å². The predicted molar refractivity (Wildman–Crippen MR) is 67.4 cm³/mol. The second kappa shape index (κ2) is 4.08. The highest BCUT2D eigenvalue weighted by atomic mass is 19.4. The first-order valence-corrected chi connectivity index (χ1v) is 6.46. The summed E-state index contributed by atoms with van der Waals surface area (Å²) in [4.78, 5) is 7.93. The molecule has 4 nitrogen and oxygen atoms in total. The maximum Gasteiger partial charge on any atom is 0.417 e. The third-order valence-corrected chi connectivity index (χ3v) is 4.24. The number of alkyl halides is 3. The zero-order valence-electron chi connectivity index (χ0n) is 11.3. The van der Waals surface area contributed by atoms with Gasteiger partial charge in [-0.2, -0.15) is 13.2 Å². The summed E-state index contributed by atoms with van der Waals surface area (Å²) in [5.41, 5.74) is -1.87. The summed E-state index contributed by atoms with van der Waals surface area (Å²) in [7, 11) is 1.94. The van der Waals surface area contributed by atoms with Gasteiger partial charge >= 0.3 is 6.18 Å². The molecule has 0 unspecified atom stereocenters. The van der Waals surface area contributed by atoms with Crippen molar-refractivity contribution in [1.29, 1.82) is 0 Å². The zero-order chi connectivity index (χ0) is 14.7. The molecule has 110 valence electrons. The number of halogens is 3. The Morgan fingerprint density at radius 1 is 1.40 bits per heavy atom. The molecule has 0 aliphatic carbocycles. The van der Waals surface area contributed by atoms with Gasteiger partial charge in [0, 0.05) is 31.4 Å². The topological polar surface area (TPSA) is 39.6 Å². The summed E-state index contributed by atoms with van der Waals surface area (Å²) < 4.78 is 38.4. The van der Waals surface area contributed by atoms with E-state index in [0.717, 1.165) is 18.8 Å². The highest BCUT2D eigenvalue weighted by molar-refractivity contribution is 5.59. The van der Waals surface area contributed by atoms with Gasteiger partial charge < -0.3 is 14.9 Å². The van der Waals surface area contributed by atoms with Gasteiger partial charge in [0.1, 0.15) is 11.4 Å². The molecule has 0 saturated carbocycles. The number of hydrogen-bond donors (Lipinski definition) is 1. The van der Waals surface area contributed by atoms with Crippen LogP contribution in [-0.2, 0) is 11.8 Å². The first kappa shape index (κ1) is 13.6. The lowest BCUT2D eigenvalue weighted by Gasteiger charge is -2.40. The van der Waals surface area contributed by atoms with Gasteiger partial charge in [0.25, 0.3) is 0 Å². The van der Waals surface area contributed by atoms with Gasteiger partial charge in [0.2, 0.25) is 0 Å². The minimum absolute atomic E-state index is 0.257. The van der Waals surface area contributed by atoms with Crippen molar-refractivity contribution in [2.45, 2.75) is 24.7 Å². The lowest BCUT2D eigenvalue weighted by molar-refractivity contribution is -0.138. The average Bonchev–Trinajstić information content (AvgIpc) is 2.57. The van der Waals surface area contributed by atoms with Crippen LogP contribution in [0.3, 0.4) is 0 Å². The van der Waals surface area contributed by atoms with Crippen molar-refractivity contribution < 1.29 is 18.3 Å². The molecule has 0 aromatic carbocycles. The number of anilines is 1. The van der Waals surface area contributed by atoms with Crippen molar-refractivity contribution in [3.8, 4) is 0 Å². The Bertz CT molecular complexity index is 544. The Kier molecular flexibility index (Phi) is 2.78. The molecule has 2 aliphatic rings. The normalized spacial score (nSPS) is 30.3. The number of pyridine rings is 1. The molecule has 0 bridgehead atoms. The van der Waals surface area contributed by atoms with Crippen LogP contribution in [0.25, 0.3) is 0 Å². The fraction of sp³-hybridized carbons (Fsp3) is 0.615. The highest BCUT2D eigenvalue weighted by Crippen LogP contribution is 2.45. The van der Waals surface area contributed by atoms with Crippen molar-refractivity contribution in [3.63, 3.8) is 0 Å². The van der Waals surface area contributed by atoms with Gasteiger partial charge in [-0.25, -0.2) is 4.98 Å². The van der Waals surface area contributed by atoms with Crippen LogP contribution in [0.15, 0.2) is 12.3 Å². The second-order valence-corrected chi connectivity index (χ2v) is 5.71. The fourth-order valence-corrected chi connectivity index (χ4v) is 3.05. The lowest BCUT2D eigenvalue weighted by atomic mass is 9.90. The van der Waals surface area contributed by atoms with Gasteiger partial charge in [0.05, 0.1) is 11.6 Å². The van der Waals surface area contributed by atoms with Crippen LogP contribution in [0, 0.1) is 0 Å². The Labute approximate surface area is 114 Å². The summed E-state index contributed by atoms with van der Waals surface area (Å²) in [6.45, 7) is 3.62. The van der Waals surface area contributed by atoms with Gasteiger partial charge in [-0.15, -0.1) is 0 Å². The molecule has 1 aromatic rings. The van der Waals surface area contributed by atoms with E-state index in [1.807, 2.05) is 11.9 Å². The molecule has 0 spiro atoms. The standard InChI is InChI=1S/C13H16F3N3O/c1-12(20)9-5-8(13(14,15)16)6-17-11(9)19-4-3-18(2)7-10(12)19/h5-6,10,20H,3-4,7H2,1-2H3/t10-,12-/m0/s1. The summed E-state index contributed by atoms with van der Waals surface area (Å²) in [5.74, 6) is 0.473. The maximum absolute atomic E-state index is 12.8. The minimum Gasteiger partial charge on any atom is -0.383 e. The lowest BCUT2D eigenvalue weighted by Crippen LogP contribution is -2.56. The Morgan fingerprint density at radius 2 is 2.10 bits per heavy atom. The number of aromatic nitrogens is 1. The Balaban J connectivity index is 2.08. The Morgan fingerprint density at radius 3 is 2.75 bits per heavy atom. The van der Waals surface area contributed by atoms with Crippen LogP contribution in [0.1, 0.15) is 18.1 Å². The molecular weight excluding hydrogens is 271 g/mol. The number of hydrogen-bond acceptors (Lipinski definition) is 4.